The third-order valence-corrected chi connectivity index (χ3v) is 8.23. The Bertz CT molecular complexity index is 1850. The predicted octanol–water partition coefficient (Wildman–Crippen LogP) is 5.13. The zero-order valence-electron chi connectivity index (χ0n) is 25.0. The molecule has 5 aromatic rings. The van der Waals surface area contributed by atoms with Crippen molar-refractivity contribution in [2.75, 3.05) is 0 Å². The summed E-state index contributed by atoms with van der Waals surface area (Å²) in [6.07, 6.45) is 5.12. The Morgan fingerprint density at radius 3 is 2.29 bits per heavy atom. The van der Waals surface area contributed by atoms with Gasteiger partial charge in [0.1, 0.15) is 11.6 Å². The summed E-state index contributed by atoms with van der Waals surface area (Å²) in [5.41, 5.74) is 5.80. The van der Waals surface area contributed by atoms with E-state index in [9.17, 15) is 14.7 Å². The van der Waals surface area contributed by atoms with E-state index in [-0.39, 0.29) is 69.2 Å². The molecule has 0 spiro atoms. The van der Waals surface area contributed by atoms with Crippen LogP contribution in [0, 0.1) is 6.92 Å². The molecule has 0 unspecified atom stereocenters. The molecule has 0 bridgehead atoms. The zero-order valence-corrected chi connectivity index (χ0v) is 25.0. The molecule has 2 aromatic heterocycles. The SMILES string of the molecule is CCCc1nc(C)n(-c2ccc(OC3CCC(O)CC3)cc2)c(=O)c1Cc1ccc(-c2ccccc2-c2noc(=O)[nH]2)cc1.[KH]. The van der Waals surface area contributed by atoms with Gasteiger partial charge in [-0.2, -0.15) is 0 Å². The average Bonchev–Trinajstić information content (AvgIpc) is 3.47. The molecule has 1 saturated carbocycles. The standard InChI is InChI=1S/C35H36N4O5.K.H/c1-3-6-32-31(21-23-9-11-24(12-10-23)29-7-4-5-8-30(29)33-37-35(42)44-38-33)34(41)39(22(2)36-32)25-13-17-27(18-14-25)43-28-19-15-26(40)16-20-28;;/h4-5,7-14,17-18,26,28,40H,3,6,15-16,19-21H2,1-2H3,(H,37,38,42);;. The second-order valence-corrected chi connectivity index (χ2v) is 11.4. The minimum atomic E-state index is -0.601. The Morgan fingerprint density at radius 2 is 1.64 bits per heavy atom. The van der Waals surface area contributed by atoms with Crippen LogP contribution in [0.2, 0.25) is 0 Å². The number of benzene rings is 3. The van der Waals surface area contributed by atoms with E-state index in [4.69, 9.17) is 14.2 Å². The Kier molecular flexibility index (Phi) is 11.1. The molecular formula is C35H37KN4O5. The minimum absolute atomic E-state index is 0. The van der Waals surface area contributed by atoms with Gasteiger partial charge < -0.3 is 9.84 Å². The average molecular weight is 633 g/mol. The van der Waals surface area contributed by atoms with Crippen molar-refractivity contribution in [3.8, 4) is 34.0 Å². The molecule has 2 N–H and O–H groups in total. The fourth-order valence-electron chi connectivity index (χ4n) is 5.97. The summed E-state index contributed by atoms with van der Waals surface area (Å²) in [5.74, 6) is 1.18. The summed E-state index contributed by atoms with van der Waals surface area (Å²) in [7, 11) is 0. The topological polar surface area (TPSA) is 123 Å². The van der Waals surface area contributed by atoms with Gasteiger partial charge in [-0.15, -0.1) is 0 Å². The predicted molar refractivity (Wildman–Crippen MR) is 175 cm³/mol. The summed E-state index contributed by atoms with van der Waals surface area (Å²) in [6.45, 7) is 3.96. The van der Waals surface area contributed by atoms with Crippen molar-refractivity contribution in [3.63, 3.8) is 0 Å². The number of hydrogen-bond donors (Lipinski definition) is 2. The summed E-state index contributed by atoms with van der Waals surface area (Å²) < 4.78 is 12.5. The van der Waals surface area contributed by atoms with E-state index in [2.05, 4.69) is 17.1 Å². The first kappa shape index (κ1) is 33.2. The van der Waals surface area contributed by atoms with Crippen molar-refractivity contribution in [1.82, 2.24) is 19.7 Å². The van der Waals surface area contributed by atoms with Gasteiger partial charge in [0.2, 0.25) is 0 Å². The maximum absolute atomic E-state index is 14.0. The summed E-state index contributed by atoms with van der Waals surface area (Å²) in [4.78, 5) is 33.1. The van der Waals surface area contributed by atoms with E-state index in [0.29, 0.717) is 23.6 Å². The first-order valence-electron chi connectivity index (χ1n) is 15.2. The number of aromatic nitrogens is 4. The van der Waals surface area contributed by atoms with E-state index in [1.54, 1.807) is 4.57 Å². The van der Waals surface area contributed by atoms with Crippen LogP contribution in [0.1, 0.15) is 61.7 Å². The van der Waals surface area contributed by atoms with Crippen molar-refractivity contribution < 1.29 is 14.4 Å². The zero-order chi connectivity index (χ0) is 30.6. The van der Waals surface area contributed by atoms with Crippen molar-refractivity contribution in [1.29, 1.82) is 0 Å². The van der Waals surface area contributed by atoms with Crippen molar-refractivity contribution in [2.24, 2.45) is 0 Å². The molecule has 0 aliphatic heterocycles. The monoisotopic (exact) mass is 632 g/mol. The number of H-pyrrole nitrogens is 1. The van der Waals surface area contributed by atoms with Crippen molar-refractivity contribution in [3.05, 3.63) is 116 Å². The Labute approximate surface area is 304 Å². The molecule has 1 aliphatic rings. The molecule has 6 rings (SSSR count). The van der Waals surface area contributed by atoms with Crippen LogP contribution in [-0.4, -0.2) is 88.4 Å². The quantitative estimate of drug-likeness (QED) is 0.216. The van der Waals surface area contributed by atoms with Gasteiger partial charge in [-0.3, -0.25) is 18.9 Å². The number of hydrogen-bond acceptors (Lipinski definition) is 7. The Morgan fingerprint density at radius 1 is 0.956 bits per heavy atom. The number of nitrogens with zero attached hydrogens (tertiary/aromatic N) is 3. The number of rotatable bonds is 9. The first-order valence-corrected chi connectivity index (χ1v) is 15.2. The summed E-state index contributed by atoms with van der Waals surface area (Å²) in [6, 6.07) is 23.3. The van der Waals surface area contributed by atoms with Crippen LogP contribution in [0.25, 0.3) is 28.2 Å². The van der Waals surface area contributed by atoms with Crippen LogP contribution in [0.3, 0.4) is 0 Å². The van der Waals surface area contributed by atoms with E-state index in [1.807, 2.05) is 79.7 Å². The third-order valence-electron chi connectivity index (χ3n) is 8.23. The number of ether oxygens (including phenoxy) is 1. The molecule has 3 aromatic carbocycles. The third kappa shape index (κ3) is 7.65. The second-order valence-electron chi connectivity index (χ2n) is 11.4. The fraction of sp³-hybridized carbons (Fsp3) is 0.314. The molecule has 0 atom stereocenters. The van der Waals surface area contributed by atoms with Gasteiger partial charge in [0.25, 0.3) is 5.56 Å². The first-order chi connectivity index (χ1) is 21.4. The molecule has 0 radical (unpaired) electrons. The van der Waals surface area contributed by atoms with Crippen LogP contribution >= 0.6 is 0 Å². The molecule has 1 fully saturated rings. The Hall–Kier alpha value is -3.12. The van der Waals surface area contributed by atoms with Gasteiger partial charge in [-0.1, -0.05) is 67.0 Å². The van der Waals surface area contributed by atoms with Gasteiger partial charge in [-0.25, -0.2) is 9.78 Å². The summed E-state index contributed by atoms with van der Waals surface area (Å²) in [5, 5.41) is 13.6. The number of aliphatic hydroxyl groups excluding tert-OH is 1. The molecule has 228 valence electrons. The van der Waals surface area contributed by atoms with Crippen LogP contribution in [0.4, 0.5) is 0 Å². The van der Waals surface area contributed by atoms with Gasteiger partial charge in [0, 0.05) is 17.5 Å². The van der Waals surface area contributed by atoms with E-state index < -0.39 is 5.76 Å². The van der Waals surface area contributed by atoms with Crippen LogP contribution < -0.4 is 16.1 Å². The molecule has 1 aliphatic carbocycles. The van der Waals surface area contributed by atoms with Gasteiger partial charge >= 0.3 is 57.1 Å². The van der Waals surface area contributed by atoms with Crippen LogP contribution in [0.5, 0.6) is 5.75 Å². The molecule has 45 heavy (non-hydrogen) atoms. The van der Waals surface area contributed by atoms with Crippen molar-refractivity contribution in [2.45, 2.75) is 71.0 Å². The molecule has 9 nitrogen and oxygen atoms in total. The van der Waals surface area contributed by atoms with Crippen molar-refractivity contribution >= 4 is 51.4 Å². The number of aromatic amines is 1. The molecule has 2 heterocycles. The second kappa shape index (κ2) is 15.0. The number of aliphatic hydroxyl groups is 1. The van der Waals surface area contributed by atoms with E-state index >= 15 is 0 Å². The molecule has 0 saturated heterocycles. The van der Waals surface area contributed by atoms with Gasteiger partial charge in [0.15, 0.2) is 5.82 Å². The van der Waals surface area contributed by atoms with E-state index in [0.717, 1.165) is 77.9 Å². The number of nitrogens with one attached hydrogen (secondary N) is 1. The fourth-order valence-corrected chi connectivity index (χ4v) is 5.97. The number of aryl methyl sites for hydroxylation is 2. The molecular weight excluding hydrogens is 596 g/mol. The van der Waals surface area contributed by atoms with E-state index in [1.165, 1.54) is 0 Å². The molecule has 10 heteroatoms. The normalized spacial score (nSPS) is 16.2. The molecule has 0 amide bonds. The van der Waals surface area contributed by atoms with Crippen LogP contribution in [-0.2, 0) is 12.8 Å². The van der Waals surface area contributed by atoms with Crippen LogP contribution in [0.15, 0.2) is 86.9 Å². The maximum atomic E-state index is 14.0. The summed E-state index contributed by atoms with van der Waals surface area (Å²) >= 11 is 0. The Balaban J connectivity index is 0.00000400. The van der Waals surface area contributed by atoms with Gasteiger partial charge in [-0.05, 0) is 80.0 Å². The van der Waals surface area contributed by atoms with Gasteiger partial charge in [0.05, 0.1) is 23.6 Å².